The van der Waals surface area contributed by atoms with Crippen LogP contribution < -0.4 is 4.90 Å². The molecule has 3 aromatic rings. The highest BCUT2D eigenvalue weighted by molar-refractivity contribution is 7.10. The Labute approximate surface area is 213 Å². The van der Waals surface area contributed by atoms with E-state index in [1.807, 2.05) is 60.0 Å². The number of ether oxygens (including phenoxy) is 1. The van der Waals surface area contributed by atoms with Gasteiger partial charge in [0.1, 0.15) is 5.92 Å². The molecule has 1 amide bonds. The first-order valence-electron chi connectivity index (χ1n) is 11.6. The lowest BCUT2D eigenvalue weighted by molar-refractivity contribution is -0.152. The van der Waals surface area contributed by atoms with Gasteiger partial charge in [-0.15, -0.1) is 11.3 Å². The van der Waals surface area contributed by atoms with E-state index in [0.29, 0.717) is 28.4 Å². The van der Waals surface area contributed by atoms with Gasteiger partial charge in [0.05, 0.1) is 6.61 Å². The lowest BCUT2D eigenvalue weighted by atomic mass is 9.69. The van der Waals surface area contributed by atoms with Crippen molar-refractivity contribution in [1.82, 2.24) is 0 Å². The minimum atomic E-state index is -0.958. The maximum atomic E-state index is 14.2. The summed E-state index contributed by atoms with van der Waals surface area (Å²) in [6.07, 6.45) is 0.488. The lowest BCUT2D eigenvalue weighted by Gasteiger charge is -2.42. The number of thiophene rings is 1. The number of benzene rings is 2. The van der Waals surface area contributed by atoms with Crippen molar-refractivity contribution < 1.29 is 19.1 Å². The highest BCUT2D eigenvalue weighted by atomic mass is 35.5. The molecule has 1 aliphatic carbocycles. The number of hydrogen-bond donors (Lipinski definition) is 0. The summed E-state index contributed by atoms with van der Waals surface area (Å²) in [7, 11) is 0. The van der Waals surface area contributed by atoms with Gasteiger partial charge in [-0.25, -0.2) is 0 Å². The molecule has 5 rings (SSSR count). The number of Topliss-reactive ketones (excluding diaryl/α,β-unsaturated/α-hetero) is 1. The van der Waals surface area contributed by atoms with Gasteiger partial charge in [0, 0.05) is 45.1 Å². The molecule has 7 heteroatoms. The third kappa shape index (κ3) is 4.32. The molecule has 0 radical (unpaired) electrons. The summed E-state index contributed by atoms with van der Waals surface area (Å²) in [5, 5.41) is 2.46. The quantitative estimate of drug-likeness (QED) is 0.310. The molecular formula is C28H24ClNO4S. The van der Waals surface area contributed by atoms with Gasteiger partial charge >= 0.3 is 5.97 Å². The topological polar surface area (TPSA) is 63.7 Å². The molecule has 0 bridgehead atoms. The zero-order chi connectivity index (χ0) is 24.5. The van der Waals surface area contributed by atoms with Gasteiger partial charge in [-0.3, -0.25) is 19.3 Å². The van der Waals surface area contributed by atoms with Crippen LogP contribution in [0.4, 0.5) is 5.69 Å². The Balaban J connectivity index is 1.72. The van der Waals surface area contributed by atoms with Crippen molar-refractivity contribution in [3.8, 4) is 0 Å². The van der Waals surface area contributed by atoms with Crippen LogP contribution in [0, 0.1) is 5.92 Å². The largest absolute Gasteiger partial charge is 0.465 e. The van der Waals surface area contributed by atoms with Gasteiger partial charge in [-0.2, -0.15) is 0 Å². The molecule has 35 heavy (non-hydrogen) atoms. The highest BCUT2D eigenvalue weighted by Crippen LogP contribution is 2.50. The number of carbonyl (C=O) groups is 3. The van der Waals surface area contributed by atoms with E-state index in [4.69, 9.17) is 16.3 Å². The number of ketones is 1. The number of para-hydroxylation sites is 1. The van der Waals surface area contributed by atoms with Crippen molar-refractivity contribution in [1.29, 1.82) is 0 Å². The van der Waals surface area contributed by atoms with E-state index in [2.05, 4.69) is 0 Å². The standard InChI is InChI=1S/C28H24ClNO4S/c1-2-34-28(33)26-21(23-12-7-13-35-23)15-22-25(27(26)32)20(17-8-6-9-18(29)14-17)16-24(31)30(22)19-10-4-3-5-11-19/h3-14,20-21,26H,2,15-16H2,1H3/t20-,21+,26-/m0/s1. The molecule has 3 atom stereocenters. The Morgan fingerprint density at radius 3 is 2.54 bits per heavy atom. The van der Waals surface area contributed by atoms with Crippen LogP contribution in [0.2, 0.25) is 5.02 Å². The predicted molar refractivity (Wildman–Crippen MR) is 137 cm³/mol. The first-order chi connectivity index (χ1) is 17.0. The van der Waals surface area contributed by atoms with E-state index in [9.17, 15) is 14.4 Å². The van der Waals surface area contributed by atoms with E-state index >= 15 is 0 Å². The molecular weight excluding hydrogens is 482 g/mol. The summed E-state index contributed by atoms with van der Waals surface area (Å²) in [6.45, 7) is 1.93. The second kappa shape index (κ2) is 9.80. The van der Waals surface area contributed by atoms with Gasteiger partial charge < -0.3 is 4.74 Å². The highest BCUT2D eigenvalue weighted by Gasteiger charge is 2.50. The summed E-state index contributed by atoms with van der Waals surface area (Å²) >= 11 is 7.78. The van der Waals surface area contributed by atoms with Crippen LogP contribution in [-0.2, 0) is 19.1 Å². The van der Waals surface area contributed by atoms with Gasteiger partial charge in [-0.1, -0.05) is 48.0 Å². The van der Waals surface area contributed by atoms with Gasteiger partial charge in [0.15, 0.2) is 5.78 Å². The fraction of sp³-hybridized carbons (Fsp3) is 0.250. The molecule has 0 saturated carbocycles. The predicted octanol–water partition coefficient (Wildman–Crippen LogP) is 6.11. The molecule has 178 valence electrons. The summed E-state index contributed by atoms with van der Waals surface area (Å²) in [5.41, 5.74) is 2.65. The number of hydrogen-bond acceptors (Lipinski definition) is 5. The SMILES string of the molecule is CCOC(=O)[C@@H]1C(=O)C2=C(C[C@@H]1c1cccs1)N(c1ccccc1)C(=O)C[C@H]2c1cccc(Cl)c1. The average Bonchev–Trinajstić information content (AvgIpc) is 3.39. The third-order valence-corrected chi connectivity index (χ3v) is 7.87. The summed E-state index contributed by atoms with van der Waals surface area (Å²) < 4.78 is 5.37. The fourth-order valence-corrected chi connectivity index (χ4v) is 6.25. The van der Waals surface area contributed by atoms with E-state index in [-0.39, 0.29) is 24.7 Å². The Bertz CT molecular complexity index is 1300. The Kier molecular flexibility index (Phi) is 6.58. The summed E-state index contributed by atoms with van der Waals surface area (Å²) in [6, 6.07) is 20.5. The van der Waals surface area contributed by atoms with Crippen molar-refractivity contribution in [2.45, 2.75) is 31.6 Å². The summed E-state index contributed by atoms with van der Waals surface area (Å²) in [5.74, 6) is -2.73. The molecule has 5 nitrogen and oxygen atoms in total. The Morgan fingerprint density at radius 2 is 1.86 bits per heavy atom. The van der Waals surface area contributed by atoms with Crippen molar-refractivity contribution >= 4 is 46.3 Å². The fourth-order valence-electron chi connectivity index (χ4n) is 5.19. The molecule has 0 unspecified atom stereocenters. The van der Waals surface area contributed by atoms with Crippen LogP contribution in [0.1, 0.15) is 42.0 Å². The number of nitrogens with zero attached hydrogens (tertiary/aromatic N) is 1. The molecule has 1 aromatic heterocycles. The number of carbonyl (C=O) groups excluding carboxylic acids is 3. The van der Waals surface area contributed by atoms with E-state index in [1.165, 1.54) is 11.3 Å². The molecule has 2 heterocycles. The van der Waals surface area contributed by atoms with E-state index < -0.39 is 23.7 Å². The number of allylic oxidation sites excluding steroid dienone is 2. The third-order valence-electron chi connectivity index (χ3n) is 6.64. The van der Waals surface area contributed by atoms with Crippen molar-refractivity contribution in [2.75, 3.05) is 11.5 Å². The van der Waals surface area contributed by atoms with Crippen LogP contribution in [0.5, 0.6) is 0 Å². The minimum absolute atomic E-state index is 0.0905. The monoisotopic (exact) mass is 505 g/mol. The number of rotatable bonds is 5. The lowest BCUT2D eigenvalue weighted by Crippen LogP contribution is -2.46. The first-order valence-corrected chi connectivity index (χ1v) is 12.9. The number of esters is 1. The van der Waals surface area contributed by atoms with Crippen molar-refractivity contribution in [2.24, 2.45) is 5.92 Å². The Morgan fingerprint density at radius 1 is 1.06 bits per heavy atom. The number of amides is 1. The van der Waals surface area contributed by atoms with Crippen molar-refractivity contribution in [3.63, 3.8) is 0 Å². The second-order valence-electron chi connectivity index (χ2n) is 8.66. The maximum absolute atomic E-state index is 14.2. The molecule has 0 fully saturated rings. The van der Waals surface area contributed by atoms with E-state index in [0.717, 1.165) is 10.4 Å². The molecule has 0 saturated heterocycles. The molecule has 2 aliphatic rings. The maximum Gasteiger partial charge on any atom is 0.317 e. The van der Waals surface area contributed by atoms with Gasteiger partial charge in [0.2, 0.25) is 5.91 Å². The molecule has 0 spiro atoms. The second-order valence-corrected chi connectivity index (χ2v) is 10.1. The smallest absolute Gasteiger partial charge is 0.317 e. The van der Waals surface area contributed by atoms with E-state index in [1.54, 1.807) is 24.0 Å². The number of halogens is 1. The number of anilines is 1. The summed E-state index contributed by atoms with van der Waals surface area (Å²) in [4.78, 5) is 43.5. The first kappa shape index (κ1) is 23.5. The Hall–Kier alpha value is -3.22. The minimum Gasteiger partial charge on any atom is -0.465 e. The van der Waals surface area contributed by atoms with Crippen LogP contribution >= 0.6 is 22.9 Å². The van der Waals surface area contributed by atoms with Crippen LogP contribution in [-0.4, -0.2) is 24.3 Å². The zero-order valence-corrected chi connectivity index (χ0v) is 20.7. The van der Waals surface area contributed by atoms with Crippen LogP contribution in [0.3, 0.4) is 0 Å². The zero-order valence-electron chi connectivity index (χ0n) is 19.1. The van der Waals surface area contributed by atoms with Gasteiger partial charge in [-0.05, 0) is 54.6 Å². The normalized spacial score (nSPS) is 22.2. The molecule has 2 aromatic carbocycles. The molecule has 0 N–H and O–H groups in total. The average molecular weight is 506 g/mol. The molecule has 1 aliphatic heterocycles. The van der Waals surface area contributed by atoms with Crippen LogP contribution in [0.25, 0.3) is 0 Å². The van der Waals surface area contributed by atoms with Crippen LogP contribution in [0.15, 0.2) is 83.4 Å². The van der Waals surface area contributed by atoms with Crippen molar-refractivity contribution in [3.05, 3.63) is 98.8 Å². The van der Waals surface area contributed by atoms with Gasteiger partial charge in [0.25, 0.3) is 0 Å².